The van der Waals surface area contributed by atoms with Crippen LogP contribution >= 0.6 is 23.2 Å². The first kappa shape index (κ1) is 12.9. The van der Waals surface area contributed by atoms with Gasteiger partial charge in [-0.25, -0.2) is 0 Å². The average Bonchev–Trinajstić information content (AvgIpc) is 2.82. The van der Waals surface area contributed by atoms with Crippen LogP contribution < -0.4 is 0 Å². The molecule has 1 aliphatic carbocycles. The molecule has 2 rings (SSSR count). The zero-order valence-electron chi connectivity index (χ0n) is 9.42. The maximum Gasteiger partial charge on any atom is 0.188 e. The summed E-state index contributed by atoms with van der Waals surface area (Å²) in [5.41, 5.74) is 0.553. The third-order valence-corrected chi connectivity index (χ3v) is 3.73. The summed E-state index contributed by atoms with van der Waals surface area (Å²) in [4.78, 5) is 11.8. The van der Waals surface area contributed by atoms with Crippen LogP contribution in [0.4, 0.5) is 0 Å². The van der Waals surface area contributed by atoms with Gasteiger partial charge in [-0.3, -0.25) is 4.79 Å². The van der Waals surface area contributed by atoms with E-state index in [9.17, 15) is 4.79 Å². The highest BCUT2D eigenvalue weighted by Crippen LogP contribution is 2.24. The molecule has 1 saturated carbocycles. The van der Waals surface area contributed by atoms with Crippen LogP contribution in [-0.2, 0) is 4.74 Å². The van der Waals surface area contributed by atoms with Gasteiger partial charge in [0.2, 0.25) is 0 Å². The first-order chi connectivity index (χ1) is 8.16. The van der Waals surface area contributed by atoms with E-state index in [1.54, 1.807) is 18.2 Å². The van der Waals surface area contributed by atoms with Gasteiger partial charge < -0.3 is 4.74 Å². The molecule has 0 bridgehead atoms. The summed E-state index contributed by atoms with van der Waals surface area (Å²) in [5.74, 6) is -0.0459. The second-order valence-electron chi connectivity index (χ2n) is 4.27. The Balaban J connectivity index is 1.92. The Labute approximate surface area is 111 Å². The van der Waals surface area contributed by atoms with E-state index in [0.717, 1.165) is 12.8 Å². The van der Waals surface area contributed by atoms with Crippen LogP contribution in [0.3, 0.4) is 0 Å². The Morgan fingerprint density at radius 3 is 2.59 bits per heavy atom. The zero-order valence-corrected chi connectivity index (χ0v) is 10.9. The molecule has 0 aliphatic heterocycles. The third-order valence-electron chi connectivity index (χ3n) is 2.99. The lowest BCUT2D eigenvalue weighted by molar-refractivity contribution is 0.0482. The van der Waals surface area contributed by atoms with Gasteiger partial charge in [0.05, 0.1) is 16.1 Å². The molecule has 0 aromatic heterocycles. The molecular weight excluding hydrogens is 259 g/mol. The van der Waals surface area contributed by atoms with E-state index in [2.05, 4.69) is 0 Å². The highest BCUT2D eigenvalue weighted by molar-refractivity contribution is 6.42. The van der Waals surface area contributed by atoms with E-state index in [4.69, 9.17) is 27.9 Å². The molecule has 0 saturated heterocycles. The number of benzene rings is 1. The van der Waals surface area contributed by atoms with E-state index >= 15 is 0 Å². The van der Waals surface area contributed by atoms with Crippen LogP contribution in [0, 0.1) is 0 Å². The molecule has 0 unspecified atom stereocenters. The number of hydrogen-bond donors (Lipinski definition) is 0. The highest BCUT2D eigenvalue weighted by Gasteiger charge is 2.17. The SMILES string of the molecule is O=C(COC1CCCC1)c1ccc(Cl)c(Cl)c1. The monoisotopic (exact) mass is 272 g/mol. The molecule has 4 heteroatoms. The molecule has 1 aliphatic rings. The number of ether oxygens (including phenoxy) is 1. The van der Waals surface area contributed by atoms with Crippen LogP contribution in [0.5, 0.6) is 0 Å². The molecule has 0 N–H and O–H groups in total. The van der Waals surface area contributed by atoms with Gasteiger partial charge in [0.25, 0.3) is 0 Å². The van der Waals surface area contributed by atoms with Gasteiger partial charge in [-0.05, 0) is 31.0 Å². The molecule has 0 heterocycles. The number of hydrogen-bond acceptors (Lipinski definition) is 2. The van der Waals surface area contributed by atoms with Gasteiger partial charge in [0.1, 0.15) is 6.61 Å². The minimum absolute atomic E-state index is 0.0459. The van der Waals surface area contributed by atoms with Crippen molar-refractivity contribution in [2.24, 2.45) is 0 Å². The van der Waals surface area contributed by atoms with Crippen molar-refractivity contribution >= 4 is 29.0 Å². The fourth-order valence-electron chi connectivity index (χ4n) is 2.00. The normalized spacial score (nSPS) is 16.4. The summed E-state index contributed by atoms with van der Waals surface area (Å²) in [6, 6.07) is 4.89. The molecule has 1 aromatic carbocycles. The van der Waals surface area contributed by atoms with Gasteiger partial charge in [-0.15, -0.1) is 0 Å². The molecule has 0 radical (unpaired) electrons. The van der Waals surface area contributed by atoms with E-state index in [-0.39, 0.29) is 18.5 Å². The van der Waals surface area contributed by atoms with Crippen molar-refractivity contribution in [1.29, 1.82) is 0 Å². The van der Waals surface area contributed by atoms with E-state index in [1.165, 1.54) is 12.8 Å². The molecular formula is C13H14Cl2O2. The number of Topliss-reactive ketones (excluding diaryl/α,β-unsaturated/α-hetero) is 1. The topological polar surface area (TPSA) is 26.3 Å². The molecule has 17 heavy (non-hydrogen) atoms. The highest BCUT2D eigenvalue weighted by atomic mass is 35.5. The molecule has 2 nitrogen and oxygen atoms in total. The summed E-state index contributed by atoms with van der Waals surface area (Å²) in [5, 5.41) is 0.860. The summed E-state index contributed by atoms with van der Waals surface area (Å²) in [6.07, 6.45) is 4.78. The van der Waals surface area contributed by atoms with Crippen molar-refractivity contribution in [1.82, 2.24) is 0 Å². The first-order valence-electron chi connectivity index (χ1n) is 5.76. The van der Waals surface area contributed by atoms with E-state index in [0.29, 0.717) is 15.6 Å². The molecule has 1 fully saturated rings. The molecule has 1 aromatic rings. The fraction of sp³-hybridized carbons (Fsp3) is 0.462. The summed E-state index contributed by atoms with van der Waals surface area (Å²) in [6.45, 7) is 0.128. The largest absolute Gasteiger partial charge is 0.370 e. The van der Waals surface area contributed by atoms with Crippen LogP contribution in [-0.4, -0.2) is 18.5 Å². The average molecular weight is 273 g/mol. The van der Waals surface area contributed by atoms with Crippen molar-refractivity contribution < 1.29 is 9.53 Å². The fourth-order valence-corrected chi connectivity index (χ4v) is 2.30. The molecule has 0 spiro atoms. The number of halogens is 2. The second kappa shape index (κ2) is 5.85. The quantitative estimate of drug-likeness (QED) is 0.771. The third kappa shape index (κ3) is 3.44. The summed E-state index contributed by atoms with van der Waals surface area (Å²) in [7, 11) is 0. The lowest BCUT2D eigenvalue weighted by Gasteiger charge is -2.10. The predicted molar refractivity (Wildman–Crippen MR) is 69.0 cm³/mol. The predicted octanol–water partition coefficient (Wildman–Crippen LogP) is 4.14. The van der Waals surface area contributed by atoms with Gasteiger partial charge in [0, 0.05) is 5.56 Å². The van der Waals surface area contributed by atoms with Crippen molar-refractivity contribution in [3.05, 3.63) is 33.8 Å². The minimum Gasteiger partial charge on any atom is -0.370 e. The first-order valence-corrected chi connectivity index (χ1v) is 6.52. The standard InChI is InChI=1S/C13H14Cl2O2/c14-11-6-5-9(7-12(11)15)13(16)8-17-10-3-1-2-4-10/h5-7,10H,1-4,8H2. The number of ketones is 1. The van der Waals surface area contributed by atoms with Gasteiger partial charge >= 0.3 is 0 Å². The van der Waals surface area contributed by atoms with Crippen LogP contribution in [0.1, 0.15) is 36.0 Å². The van der Waals surface area contributed by atoms with Crippen molar-refractivity contribution in [2.75, 3.05) is 6.61 Å². The summed E-state index contributed by atoms with van der Waals surface area (Å²) >= 11 is 11.7. The van der Waals surface area contributed by atoms with E-state index < -0.39 is 0 Å². The molecule has 0 atom stereocenters. The Kier molecular flexibility index (Phi) is 4.43. The second-order valence-corrected chi connectivity index (χ2v) is 5.08. The Hall–Kier alpha value is -0.570. The lowest BCUT2D eigenvalue weighted by atomic mass is 10.1. The van der Waals surface area contributed by atoms with Crippen molar-refractivity contribution in [3.63, 3.8) is 0 Å². The van der Waals surface area contributed by atoms with Crippen LogP contribution in [0.25, 0.3) is 0 Å². The van der Waals surface area contributed by atoms with Crippen molar-refractivity contribution in [3.8, 4) is 0 Å². The molecule has 92 valence electrons. The Morgan fingerprint density at radius 1 is 1.24 bits per heavy atom. The number of carbonyl (C=O) groups excluding carboxylic acids is 1. The van der Waals surface area contributed by atoms with Crippen molar-refractivity contribution in [2.45, 2.75) is 31.8 Å². The Morgan fingerprint density at radius 2 is 1.94 bits per heavy atom. The minimum atomic E-state index is -0.0459. The number of carbonyl (C=O) groups is 1. The lowest BCUT2D eigenvalue weighted by Crippen LogP contribution is -2.15. The maximum absolute atomic E-state index is 11.8. The van der Waals surface area contributed by atoms with Crippen LogP contribution in [0.2, 0.25) is 10.0 Å². The maximum atomic E-state index is 11.8. The van der Waals surface area contributed by atoms with Gasteiger partial charge in [0.15, 0.2) is 5.78 Å². The number of rotatable bonds is 4. The van der Waals surface area contributed by atoms with Crippen LogP contribution in [0.15, 0.2) is 18.2 Å². The Bertz CT molecular complexity index is 412. The van der Waals surface area contributed by atoms with Gasteiger partial charge in [-0.2, -0.15) is 0 Å². The summed E-state index contributed by atoms with van der Waals surface area (Å²) < 4.78 is 5.56. The van der Waals surface area contributed by atoms with E-state index in [1.807, 2.05) is 0 Å². The zero-order chi connectivity index (χ0) is 12.3. The van der Waals surface area contributed by atoms with Gasteiger partial charge in [-0.1, -0.05) is 36.0 Å². The molecule has 0 amide bonds. The smallest absolute Gasteiger partial charge is 0.188 e.